The first-order chi connectivity index (χ1) is 15.0. The molecule has 0 aromatic heterocycles. The van der Waals surface area contributed by atoms with Gasteiger partial charge in [-0.3, -0.25) is 19.2 Å². The summed E-state index contributed by atoms with van der Waals surface area (Å²) in [5.41, 5.74) is 0. The van der Waals surface area contributed by atoms with Crippen molar-refractivity contribution in [3.05, 3.63) is 0 Å². The molecule has 6 N–H and O–H groups in total. The summed E-state index contributed by atoms with van der Waals surface area (Å²) in [6.45, 7) is 8.07. The van der Waals surface area contributed by atoms with E-state index in [0.29, 0.717) is 19.3 Å². The van der Waals surface area contributed by atoms with E-state index in [-0.39, 0.29) is 23.8 Å². The number of rotatable bonds is 13. The number of carboxylic acid groups (broad SMARTS) is 2. The van der Waals surface area contributed by atoms with Crippen LogP contribution in [0.25, 0.3) is 0 Å². The van der Waals surface area contributed by atoms with Crippen LogP contribution in [0, 0.1) is 11.8 Å². The van der Waals surface area contributed by atoms with Gasteiger partial charge >= 0.3 is 11.9 Å². The molecule has 0 aromatic carbocycles. The standard InChI is InChI=1S/C21H36N4O7/c1-5-12(4)17(20(30)24-15(21(31)32)10-16(26)27)25-19(29)14(9-11(2)3)23-18(28)13-7-6-8-22-13/h11-15,17,22H,5-10H2,1-4H3,(H,23,28)(H,24,30)(H,25,29)(H,26,27)(H,31,32). The van der Waals surface area contributed by atoms with Gasteiger partial charge in [0, 0.05) is 0 Å². The highest BCUT2D eigenvalue weighted by molar-refractivity contribution is 5.94. The lowest BCUT2D eigenvalue weighted by Crippen LogP contribution is -2.59. The predicted molar refractivity (Wildman–Crippen MR) is 116 cm³/mol. The minimum atomic E-state index is -1.62. The summed E-state index contributed by atoms with van der Waals surface area (Å²) in [6, 6.07) is -3.93. The van der Waals surface area contributed by atoms with Gasteiger partial charge in [-0.2, -0.15) is 0 Å². The van der Waals surface area contributed by atoms with Crippen LogP contribution in [0.5, 0.6) is 0 Å². The number of carbonyl (C=O) groups excluding carboxylic acids is 3. The van der Waals surface area contributed by atoms with Crippen LogP contribution in [0.1, 0.15) is 59.8 Å². The van der Waals surface area contributed by atoms with Crippen LogP contribution in [-0.4, -0.2) is 70.6 Å². The van der Waals surface area contributed by atoms with E-state index >= 15 is 0 Å². The third-order valence-electron chi connectivity index (χ3n) is 5.50. The average Bonchev–Trinajstić information content (AvgIpc) is 3.24. The van der Waals surface area contributed by atoms with Gasteiger partial charge < -0.3 is 31.5 Å². The Hall–Kier alpha value is -2.69. The second-order valence-corrected chi connectivity index (χ2v) is 8.71. The number of hydrogen-bond acceptors (Lipinski definition) is 6. The van der Waals surface area contributed by atoms with Crippen molar-refractivity contribution in [3.8, 4) is 0 Å². The van der Waals surface area contributed by atoms with Crippen molar-refractivity contribution in [2.75, 3.05) is 6.54 Å². The monoisotopic (exact) mass is 456 g/mol. The second-order valence-electron chi connectivity index (χ2n) is 8.71. The summed E-state index contributed by atoms with van der Waals surface area (Å²) in [5.74, 6) is -4.73. The highest BCUT2D eigenvalue weighted by Gasteiger charge is 2.34. The minimum Gasteiger partial charge on any atom is -0.481 e. The van der Waals surface area contributed by atoms with Gasteiger partial charge in [-0.25, -0.2) is 4.79 Å². The molecule has 0 aromatic rings. The molecule has 0 spiro atoms. The molecule has 1 rings (SSSR count). The molecule has 1 aliphatic rings. The van der Waals surface area contributed by atoms with Gasteiger partial charge in [0.25, 0.3) is 0 Å². The Morgan fingerprint density at radius 2 is 1.62 bits per heavy atom. The van der Waals surface area contributed by atoms with Gasteiger partial charge in [0.2, 0.25) is 17.7 Å². The molecule has 0 saturated carbocycles. The number of carbonyl (C=O) groups is 5. The van der Waals surface area contributed by atoms with Gasteiger partial charge in [0.1, 0.15) is 18.1 Å². The Bertz CT molecular complexity index is 692. The van der Waals surface area contributed by atoms with Crippen LogP contribution in [0.3, 0.4) is 0 Å². The Morgan fingerprint density at radius 3 is 2.09 bits per heavy atom. The van der Waals surface area contributed by atoms with Crippen molar-refractivity contribution >= 4 is 29.7 Å². The van der Waals surface area contributed by atoms with E-state index in [4.69, 9.17) is 5.11 Å². The lowest BCUT2D eigenvalue weighted by molar-refractivity contribution is -0.147. The van der Waals surface area contributed by atoms with Crippen molar-refractivity contribution in [1.82, 2.24) is 21.3 Å². The van der Waals surface area contributed by atoms with E-state index in [1.807, 2.05) is 20.8 Å². The predicted octanol–water partition coefficient (Wildman–Crippen LogP) is -0.156. The lowest BCUT2D eigenvalue weighted by Gasteiger charge is -2.28. The van der Waals surface area contributed by atoms with Crippen LogP contribution in [0.4, 0.5) is 0 Å². The second kappa shape index (κ2) is 13.0. The molecule has 32 heavy (non-hydrogen) atoms. The van der Waals surface area contributed by atoms with E-state index in [2.05, 4.69) is 21.3 Å². The SMILES string of the molecule is CCC(C)C(NC(=O)C(CC(C)C)NC(=O)C1CCCN1)C(=O)NC(CC(=O)O)C(=O)O. The van der Waals surface area contributed by atoms with E-state index in [0.717, 1.165) is 13.0 Å². The molecule has 1 fully saturated rings. The molecule has 11 nitrogen and oxygen atoms in total. The first-order valence-corrected chi connectivity index (χ1v) is 11.0. The van der Waals surface area contributed by atoms with E-state index in [9.17, 15) is 29.1 Å². The van der Waals surface area contributed by atoms with Crippen LogP contribution in [0.15, 0.2) is 0 Å². The first kappa shape index (κ1) is 27.3. The molecule has 182 valence electrons. The lowest BCUT2D eigenvalue weighted by atomic mass is 9.96. The molecular formula is C21H36N4O7. The maximum Gasteiger partial charge on any atom is 0.326 e. The largest absolute Gasteiger partial charge is 0.481 e. The zero-order valence-electron chi connectivity index (χ0n) is 19.1. The Balaban J connectivity index is 2.95. The molecule has 0 aliphatic carbocycles. The number of aliphatic carboxylic acids is 2. The molecule has 0 bridgehead atoms. The molecule has 1 saturated heterocycles. The average molecular weight is 457 g/mol. The van der Waals surface area contributed by atoms with Gasteiger partial charge in [-0.05, 0) is 37.6 Å². The Morgan fingerprint density at radius 1 is 0.969 bits per heavy atom. The number of amides is 3. The Labute approximate surface area is 188 Å². The zero-order valence-corrected chi connectivity index (χ0v) is 19.1. The smallest absolute Gasteiger partial charge is 0.326 e. The molecule has 3 amide bonds. The summed E-state index contributed by atoms with van der Waals surface area (Å²) < 4.78 is 0. The number of carboxylic acids is 2. The van der Waals surface area contributed by atoms with Crippen LogP contribution in [-0.2, 0) is 24.0 Å². The fraction of sp³-hybridized carbons (Fsp3) is 0.762. The topological polar surface area (TPSA) is 174 Å². The molecule has 1 aliphatic heterocycles. The first-order valence-electron chi connectivity index (χ1n) is 11.0. The highest BCUT2D eigenvalue weighted by Crippen LogP contribution is 2.12. The van der Waals surface area contributed by atoms with Gasteiger partial charge in [0.15, 0.2) is 0 Å². The zero-order chi connectivity index (χ0) is 24.4. The molecule has 5 unspecified atom stereocenters. The van der Waals surface area contributed by atoms with Gasteiger partial charge in [0.05, 0.1) is 12.5 Å². The van der Waals surface area contributed by atoms with Crippen LogP contribution >= 0.6 is 0 Å². The third-order valence-corrected chi connectivity index (χ3v) is 5.50. The fourth-order valence-electron chi connectivity index (χ4n) is 3.48. The normalized spacial score (nSPS) is 19.5. The maximum atomic E-state index is 13.0. The Kier molecular flexibility index (Phi) is 11.1. The summed E-state index contributed by atoms with van der Waals surface area (Å²) in [7, 11) is 0. The van der Waals surface area contributed by atoms with Crippen molar-refractivity contribution in [1.29, 1.82) is 0 Å². The van der Waals surface area contributed by atoms with Gasteiger partial charge in [-0.1, -0.05) is 34.1 Å². The van der Waals surface area contributed by atoms with Crippen molar-refractivity contribution in [3.63, 3.8) is 0 Å². The molecule has 0 radical (unpaired) electrons. The van der Waals surface area contributed by atoms with Crippen molar-refractivity contribution in [2.45, 2.75) is 84.0 Å². The fourth-order valence-corrected chi connectivity index (χ4v) is 3.48. The molecular weight excluding hydrogens is 420 g/mol. The van der Waals surface area contributed by atoms with E-state index < -0.39 is 48.3 Å². The molecule has 1 heterocycles. The van der Waals surface area contributed by atoms with Gasteiger partial charge in [-0.15, -0.1) is 0 Å². The summed E-state index contributed by atoms with van der Waals surface area (Å²) in [6.07, 6.45) is 1.62. The number of hydrogen-bond donors (Lipinski definition) is 6. The highest BCUT2D eigenvalue weighted by atomic mass is 16.4. The third kappa shape index (κ3) is 8.81. The van der Waals surface area contributed by atoms with Crippen LogP contribution < -0.4 is 21.3 Å². The molecule has 5 atom stereocenters. The van der Waals surface area contributed by atoms with Crippen molar-refractivity contribution in [2.24, 2.45) is 11.8 Å². The minimum absolute atomic E-state index is 0.0884. The summed E-state index contributed by atoms with van der Waals surface area (Å²) in [4.78, 5) is 60.5. The molecule has 11 heteroatoms. The number of nitrogens with one attached hydrogen (secondary N) is 4. The summed E-state index contributed by atoms with van der Waals surface area (Å²) >= 11 is 0. The maximum absolute atomic E-state index is 13.0. The van der Waals surface area contributed by atoms with Crippen LogP contribution in [0.2, 0.25) is 0 Å². The quantitative estimate of drug-likeness (QED) is 0.222. The van der Waals surface area contributed by atoms with Crippen molar-refractivity contribution < 1.29 is 34.2 Å². The summed E-state index contributed by atoms with van der Waals surface area (Å²) in [5, 5.41) is 28.8. The van der Waals surface area contributed by atoms with E-state index in [1.54, 1.807) is 6.92 Å². The van der Waals surface area contributed by atoms with E-state index in [1.165, 1.54) is 0 Å².